The van der Waals surface area contributed by atoms with Crippen molar-refractivity contribution in [1.82, 2.24) is 15.5 Å². The number of hydrogen-bond acceptors (Lipinski definition) is 4. The second-order valence-electron chi connectivity index (χ2n) is 6.08. The van der Waals surface area contributed by atoms with Crippen LogP contribution < -0.4 is 20.1 Å². The molecule has 1 unspecified atom stereocenters. The van der Waals surface area contributed by atoms with Gasteiger partial charge in [0, 0.05) is 44.4 Å². The van der Waals surface area contributed by atoms with E-state index in [-0.39, 0.29) is 30.0 Å². The van der Waals surface area contributed by atoms with Gasteiger partial charge in [-0.05, 0) is 18.6 Å². The quantitative estimate of drug-likeness (QED) is 0.356. The van der Waals surface area contributed by atoms with Crippen LogP contribution in [0.5, 0.6) is 11.5 Å². The lowest BCUT2D eigenvalue weighted by Gasteiger charge is -2.20. The third-order valence-corrected chi connectivity index (χ3v) is 4.18. The molecule has 0 saturated carbocycles. The van der Waals surface area contributed by atoms with Crippen molar-refractivity contribution in [3.8, 4) is 11.5 Å². The molecule has 2 rings (SSSR count). The largest absolute Gasteiger partial charge is 0.497 e. The number of guanidine groups is 1. The average Bonchev–Trinajstić information content (AvgIpc) is 3.03. The SMILES string of the molecule is CN=C(NCc1ccc(OC)cc1OC)NC1CCN(CC(F)(F)F)C1.I. The molecule has 1 heterocycles. The van der Waals surface area contributed by atoms with Gasteiger partial charge in [0.05, 0.1) is 20.8 Å². The third-order valence-electron chi connectivity index (χ3n) is 4.18. The van der Waals surface area contributed by atoms with Crippen LogP contribution in [0.2, 0.25) is 0 Å². The molecule has 0 bridgehead atoms. The lowest BCUT2D eigenvalue weighted by molar-refractivity contribution is -0.143. The number of benzene rings is 1. The minimum absolute atomic E-state index is 0. The van der Waals surface area contributed by atoms with Gasteiger partial charge in [0.15, 0.2) is 5.96 Å². The molecule has 154 valence electrons. The highest BCUT2D eigenvalue weighted by Crippen LogP contribution is 2.24. The lowest BCUT2D eigenvalue weighted by atomic mass is 10.2. The molecule has 1 fully saturated rings. The first-order valence-corrected chi connectivity index (χ1v) is 8.32. The van der Waals surface area contributed by atoms with Gasteiger partial charge in [-0.3, -0.25) is 9.89 Å². The predicted molar refractivity (Wildman–Crippen MR) is 109 cm³/mol. The number of aliphatic imine (C=N–C) groups is 1. The van der Waals surface area contributed by atoms with Crippen LogP contribution >= 0.6 is 24.0 Å². The van der Waals surface area contributed by atoms with Crippen molar-refractivity contribution in [2.45, 2.75) is 25.2 Å². The molecule has 0 radical (unpaired) electrons. The fourth-order valence-corrected chi connectivity index (χ4v) is 2.91. The molecule has 27 heavy (non-hydrogen) atoms. The van der Waals surface area contributed by atoms with Crippen molar-refractivity contribution < 1.29 is 22.6 Å². The van der Waals surface area contributed by atoms with E-state index in [1.165, 1.54) is 4.90 Å². The highest BCUT2D eigenvalue weighted by Gasteiger charge is 2.34. The van der Waals surface area contributed by atoms with Crippen LogP contribution in [0.3, 0.4) is 0 Å². The Kier molecular flexibility index (Phi) is 9.43. The summed E-state index contributed by atoms with van der Waals surface area (Å²) in [5.74, 6) is 1.93. The smallest absolute Gasteiger partial charge is 0.401 e. The Bertz CT molecular complexity index is 629. The minimum atomic E-state index is -4.17. The van der Waals surface area contributed by atoms with E-state index in [1.54, 1.807) is 27.3 Å². The summed E-state index contributed by atoms with van der Waals surface area (Å²) in [5, 5.41) is 6.34. The topological polar surface area (TPSA) is 58.1 Å². The molecule has 10 heteroatoms. The van der Waals surface area contributed by atoms with E-state index in [0.29, 0.717) is 43.5 Å². The highest BCUT2D eigenvalue weighted by molar-refractivity contribution is 14.0. The molecule has 1 aliphatic rings. The van der Waals surface area contributed by atoms with E-state index < -0.39 is 12.7 Å². The van der Waals surface area contributed by atoms with Crippen molar-refractivity contribution in [2.75, 3.05) is 40.9 Å². The molecule has 1 aromatic carbocycles. The van der Waals surface area contributed by atoms with Crippen molar-refractivity contribution in [2.24, 2.45) is 4.99 Å². The Balaban J connectivity index is 0.00000364. The maximum atomic E-state index is 12.5. The van der Waals surface area contributed by atoms with Crippen LogP contribution in [-0.2, 0) is 6.54 Å². The van der Waals surface area contributed by atoms with Gasteiger partial charge in [0.2, 0.25) is 0 Å². The summed E-state index contributed by atoms with van der Waals surface area (Å²) in [4.78, 5) is 5.54. The zero-order valence-electron chi connectivity index (χ0n) is 15.6. The van der Waals surface area contributed by atoms with E-state index in [4.69, 9.17) is 9.47 Å². The number of ether oxygens (including phenoxy) is 2. The Morgan fingerprint density at radius 2 is 2.04 bits per heavy atom. The van der Waals surface area contributed by atoms with Gasteiger partial charge in [0.25, 0.3) is 0 Å². The monoisotopic (exact) mass is 502 g/mol. The van der Waals surface area contributed by atoms with E-state index in [1.807, 2.05) is 12.1 Å². The summed E-state index contributed by atoms with van der Waals surface area (Å²) in [6, 6.07) is 5.45. The lowest BCUT2D eigenvalue weighted by Crippen LogP contribution is -2.44. The van der Waals surface area contributed by atoms with Gasteiger partial charge < -0.3 is 20.1 Å². The highest BCUT2D eigenvalue weighted by atomic mass is 127. The van der Waals surface area contributed by atoms with Crippen LogP contribution in [0.4, 0.5) is 13.2 Å². The van der Waals surface area contributed by atoms with Crippen LogP contribution in [0.1, 0.15) is 12.0 Å². The van der Waals surface area contributed by atoms with E-state index in [9.17, 15) is 13.2 Å². The van der Waals surface area contributed by atoms with Gasteiger partial charge in [0.1, 0.15) is 11.5 Å². The predicted octanol–water partition coefficient (Wildman–Crippen LogP) is 2.62. The van der Waals surface area contributed by atoms with E-state index in [2.05, 4.69) is 15.6 Å². The molecule has 0 aliphatic carbocycles. The Morgan fingerprint density at radius 1 is 1.30 bits per heavy atom. The van der Waals surface area contributed by atoms with Crippen molar-refractivity contribution in [1.29, 1.82) is 0 Å². The number of rotatable bonds is 6. The summed E-state index contributed by atoms with van der Waals surface area (Å²) in [6.45, 7) is 0.346. The maximum absolute atomic E-state index is 12.5. The van der Waals surface area contributed by atoms with Crippen LogP contribution in [0.15, 0.2) is 23.2 Å². The molecule has 0 aromatic heterocycles. The normalized spacial score (nSPS) is 18.0. The molecule has 0 spiro atoms. The second kappa shape index (κ2) is 10.8. The van der Waals surface area contributed by atoms with Crippen LogP contribution in [0.25, 0.3) is 0 Å². The molecule has 0 amide bonds. The first-order chi connectivity index (χ1) is 12.3. The summed E-state index contributed by atoms with van der Waals surface area (Å²) in [5.41, 5.74) is 0.918. The maximum Gasteiger partial charge on any atom is 0.401 e. The summed E-state index contributed by atoms with van der Waals surface area (Å²) in [7, 11) is 4.80. The van der Waals surface area contributed by atoms with Crippen LogP contribution in [-0.4, -0.2) is 64.0 Å². The van der Waals surface area contributed by atoms with Gasteiger partial charge in [-0.1, -0.05) is 0 Å². The van der Waals surface area contributed by atoms with Crippen molar-refractivity contribution in [3.63, 3.8) is 0 Å². The number of methoxy groups -OCH3 is 2. The average molecular weight is 502 g/mol. The van der Waals surface area contributed by atoms with Gasteiger partial charge in [-0.2, -0.15) is 13.2 Å². The third kappa shape index (κ3) is 7.60. The molecule has 1 aliphatic heterocycles. The first kappa shape index (κ1) is 23.6. The van der Waals surface area contributed by atoms with E-state index >= 15 is 0 Å². The zero-order valence-corrected chi connectivity index (χ0v) is 17.9. The fraction of sp³-hybridized carbons (Fsp3) is 0.588. The first-order valence-electron chi connectivity index (χ1n) is 8.32. The zero-order chi connectivity index (χ0) is 19.2. The van der Waals surface area contributed by atoms with Gasteiger partial charge in [-0.25, -0.2) is 0 Å². The summed E-state index contributed by atoms with van der Waals surface area (Å²) >= 11 is 0. The molecule has 1 saturated heterocycles. The minimum Gasteiger partial charge on any atom is -0.497 e. The molecular formula is C17H26F3IN4O2. The standard InChI is InChI=1S/C17H25F3N4O2.HI/c1-21-16(23-13-6-7-24(10-13)11-17(18,19)20)22-9-12-4-5-14(25-2)8-15(12)26-3;/h4-5,8,13H,6-7,9-11H2,1-3H3,(H2,21,22,23);1H. The molecule has 1 aromatic rings. The second-order valence-corrected chi connectivity index (χ2v) is 6.08. The number of nitrogens with one attached hydrogen (secondary N) is 2. The number of hydrogen-bond donors (Lipinski definition) is 2. The van der Waals surface area contributed by atoms with Crippen molar-refractivity contribution >= 4 is 29.9 Å². The number of nitrogens with zero attached hydrogens (tertiary/aromatic N) is 2. The number of likely N-dealkylation sites (tertiary alicyclic amines) is 1. The number of alkyl halides is 3. The van der Waals surface area contributed by atoms with Crippen molar-refractivity contribution in [3.05, 3.63) is 23.8 Å². The van der Waals surface area contributed by atoms with E-state index in [0.717, 1.165) is 5.56 Å². The fourth-order valence-electron chi connectivity index (χ4n) is 2.91. The summed E-state index contributed by atoms with van der Waals surface area (Å²) in [6.07, 6.45) is -3.53. The molecule has 1 atom stereocenters. The van der Waals surface area contributed by atoms with Gasteiger partial charge >= 0.3 is 6.18 Å². The Labute approximate surface area is 174 Å². The molecule has 6 nitrogen and oxygen atoms in total. The Morgan fingerprint density at radius 3 is 2.63 bits per heavy atom. The molecule has 2 N–H and O–H groups in total. The Hall–Kier alpha value is -1.43. The van der Waals surface area contributed by atoms with Crippen LogP contribution in [0, 0.1) is 0 Å². The number of halogens is 4. The summed E-state index contributed by atoms with van der Waals surface area (Å²) < 4.78 is 48.0. The molecular weight excluding hydrogens is 476 g/mol. The van der Waals surface area contributed by atoms with Gasteiger partial charge in [-0.15, -0.1) is 24.0 Å².